The van der Waals surface area contributed by atoms with Crippen LogP contribution in [0.15, 0.2) is 47.5 Å². The van der Waals surface area contributed by atoms with E-state index < -0.39 is 6.17 Å². The Bertz CT molecular complexity index is 1270. The van der Waals surface area contributed by atoms with Crippen LogP contribution in [0.4, 0.5) is 10.2 Å². The van der Waals surface area contributed by atoms with Crippen molar-refractivity contribution in [3.05, 3.63) is 53.1 Å². The zero-order chi connectivity index (χ0) is 23.4. The number of piperidine rings is 1. The Morgan fingerprint density at radius 1 is 1.09 bits per heavy atom. The zero-order valence-corrected chi connectivity index (χ0v) is 18.9. The minimum Gasteiger partial charge on any atom is -0.507 e. The van der Waals surface area contributed by atoms with E-state index in [0.29, 0.717) is 29.7 Å². The summed E-state index contributed by atoms with van der Waals surface area (Å²) in [5.74, 6) is 1.07. The molecule has 4 heterocycles. The smallest absolute Gasteiger partial charge is 0.250 e. The topological polar surface area (TPSA) is 96.2 Å². The quantitative estimate of drug-likeness (QED) is 0.602. The number of aromatic nitrogens is 4. The fraction of sp³-hybridized carbons (Fsp3) is 0.440. The molecular weight excluding hydrogens is 435 g/mol. The highest BCUT2D eigenvalue weighted by atomic mass is 19.1. The van der Waals surface area contributed by atoms with Gasteiger partial charge in [-0.15, -0.1) is 10.2 Å². The maximum atomic E-state index is 14.2. The minimum absolute atomic E-state index is 0.0238. The number of phenols is 1. The molecule has 2 saturated heterocycles. The predicted molar refractivity (Wildman–Crippen MR) is 126 cm³/mol. The molecule has 2 aliphatic heterocycles. The number of nitrogens with one attached hydrogen (secondary N) is 1. The lowest BCUT2D eigenvalue weighted by atomic mass is 9.98. The molecule has 0 radical (unpaired) electrons. The van der Waals surface area contributed by atoms with Crippen LogP contribution in [0.5, 0.6) is 5.75 Å². The van der Waals surface area contributed by atoms with Crippen molar-refractivity contribution in [2.24, 2.45) is 7.05 Å². The van der Waals surface area contributed by atoms with Crippen molar-refractivity contribution < 1.29 is 9.50 Å². The van der Waals surface area contributed by atoms with Gasteiger partial charge in [0.25, 0.3) is 5.56 Å². The first-order valence-corrected chi connectivity index (χ1v) is 11.8. The van der Waals surface area contributed by atoms with Gasteiger partial charge in [-0.3, -0.25) is 4.79 Å². The number of fused-ring (bicyclic) bond motifs is 2. The molecule has 8 nitrogen and oxygen atoms in total. The normalized spacial score (nSPS) is 25.9. The van der Waals surface area contributed by atoms with Gasteiger partial charge in [0.1, 0.15) is 11.9 Å². The van der Waals surface area contributed by atoms with E-state index in [9.17, 15) is 14.3 Å². The van der Waals surface area contributed by atoms with E-state index in [1.54, 1.807) is 31.6 Å². The molecule has 0 unspecified atom stereocenters. The Kier molecular flexibility index (Phi) is 5.09. The summed E-state index contributed by atoms with van der Waals surface area (Å²) in [5, 5.41) is 22.8. The summed E-state index contributed by atoms with van der Waals surface area (Å²) in [5.41, 5.74) is 1.82. The highest BCUT2D eigenvalue weighted by Gasteiger charge is 2.45. The Morgan fingerprint density at radius 3 is 2.59 bits per heavy atom. The predicted octanol–water partition coefficient (Wildman–Crippen LogP) is 2.81. The van der Waals surface area contributed by atoms with Gasteiger partial charge in [-0.25, -0.2) is 9.37 Å². The third-order valence-electron chi connectivity index (χ3n) is 7.30. The number of alkyl halides is 1. The summed E-state index contributed by atoms with van der Waals surface area (Å²) in [7, 11) is 1.69. The fourth-order valence-electron chi connectivity index (χ4n) is 5.40. The zero-order valence-electron chi connectivity index (χ0n) is 18.9. The Labute approximate surface area is 196 Å². The number of halogens is 1. The molecule has 2 aromatic heterocycles. The number of anilines is 1. The van der Waals surface area contributed by atoms with Crippen molar-refractivity contribution in [2.75, 3.05) is 4.90 Å². The van der Waals surface area contributed by atoms with E-state index in [2.05, 4.69) is 25.4 Å². The number of rotatable bonds is 5. The number of phenolic OH excluding ortho intramolecular Hbond substituents is 1. The third-order valence-corrected chi connectivity index (χ3v) is 7.30. The molecule has 3 aliphatic rings. The summed E-state index contributed by atoms with van der Waals surface area (Å²) in [6.07, 6.45) is 7.11. The largest absolute Gasteiger partial charge is 0.507 e. The fourth-order valence-corrected chi connectivity index (χ4v) is 5.40. The molecule has 3 fully saturated rings. The average molecular weight is 463 g/mol. The first-order valence-electron chi connectivity index (χ1n) is 11.8. The second kappa shape index (κ2) is 8.16. The lowest BCUT2D eigenvalue weighted by Crippen LogP contribution is -2.50. The summed E-state index contributed by atoms with van der Waals surface area (Å²) in [6.45, 7) is 0. The van der Waals surface area contributed by atoms with Crippen molar-refractivity contribution in [3.63, 3.8) is 0 Å². The van der Waals surface area contributed by atoms with E-state index in [0.717, 1.165) is 36.8 Å². The summed E-state index contributed by atoms with van der Waals surface area (Å²) in [4.78, 5) is 18.7. The number of hydrogen-bond acceptors (Lipinski definition) is 7. The molecule has 0 amide bonds. The molecule has 1 saturated carbocycles. The van der Waals surface area contributed by atoms with Crippen LogP contribution >= 0.6 is 0 Å². The monoisotopic (exact) mass is 462 g/mol. The Balaban J connectivity index is 1.25. The number of benzene rings is 1. The minimum atomic E-state index is -0.771. The van der Waals surface area contributed by atoms with Gasteiger partial charge < -0.3 is 19.9 Å². The van der Waals surface area contributed by atoms with Gasteiger partial charge in [-0.05, 0) is 61.4 Å². The molecule has 34 heavy (non-hydrogen) atoms. The molecule has 1 aromatic carbocycles. The van der Waals surface area contributed by atoms with Crippen molar-refractivity contribution >= 4 is 5.82 Å². The summed E-state index contributed by atoms with van der Waals surface area (Å²) < 4.78 is 15.7. The van der Waals surface area contributed by atoms with Crippen molar-refractivity contribution in [2.45, 2.75) is 62.4 Å². The maximum absolute atomic E-state index is 14.2. The van der Waals surface area contributed by atoms with Crippen molar-refractivity contribution in [3.8, 4) is 28.3 Å². The van der Waals surface area contributed by atoms with Gasteiger partial charge in [0.2, 0.25) is 0 Å². The van der Waals surface area contributed by atoms with Crippen LogP contribution in [0.3, 0.4) is 0 Å². The molecule has 9 heteroatoms. The number of nitrogens with zero attached hydrogens (tertiary/aromatic N) is 5. The lowest BCUT2D eigenvalue weighted by molar-refractivity contribution is 0.271. The summed E-state index contributed by atoms with van der Waals surface area (Å²) in [6, 6.07) is 9.33. The average Bonchev–Trinajstić information content (AvgIpc) is 3.62. The third kappa shape index (κ3) is 3.83. The Hall–Kier alpha value is -3.33. The molecule has 3 aromatic rings. The first-order chi connectivity index (χ1) is 16.5. The van der Waals surface area contributed by atoms with Crippen LogP contribution in [0.2, 0.25) is 0 Å². The van der Waals surface area contributed by atoms with Crippen LogP contribution in [0.25, 0.3) is 22.5 Å². The molecule has 176 valence electrons. The highest BCUT2D eigenvalue weighted by molar-refractivity contribution is 5.72. The first kappa shape index (κ1) is 21.2. The number of pyridine rings is 1. The number of hydrogen-bond donors (Lipinski definition) is 2. The van der Waals surface area contributed by atoms with Crippen LogP contribution < -0.4 is 15.8 Å². The van der Waals surface area contributed by atoms with Gasteiger partial charge in [0.15, 0.2) is 11.6 Å². The molecule has 1 aliphatic carbocycles. The van der Waals surface area contributed by atoms with E-state index in [1.165, 1.54) is 10.6 Å². The SMILES string of the molecule is Cn1ccc(-c2ccc(-c3ncc(N(C4CC4)[C@H]4C[C@H]5C[C@@H](F)[C@@H](C4)N5)nn3)c(O)c2)cc1=O. The molecule has 0 spiro atoms. The maximum Gasteiger partial charge on any atom is 0.250 e. The molecule has 2 bridgehead atoms. The van der Waals surface area contributed by atoms with Crippen molar-refractivity contribution in [1.29, 1.82) is 0 Å². The molecule has 4 atom stereocenters. The second-order valence-corrected chi connectivity index (χ2v) is 9.72. The standard InChI is InChI=1S/C25H27FN6O2/c1-31-7-6-15(9-24(31)34)14-2-5-19(22(33)8-14)25-27-13-23(29-30-25)32(17-3-4-17)18-10-16-11-20(26)21(12-18)28-16/h2,5-9,13,16-18,20-21,28,33H,3-4,10-12H2,1H3/t16-,18-,20+,21+/m0/s1. The van der Waals surface area contributed by atoms with E-state index in [4.69, 9.17) is 0 Å². The van der Waals surface area contributed by atoms with Gasteiger partial charge in [-0.1, -0.05) is 6.07 Å². The van der Waals surface area contributed by atoms with E-state index >= 15 is 0 Å². The lowest BCUT2D eigenvalue weighted by Gasteiger charge is -2.38. The van der Waals surface area contributed by atoms with Gasteiger partial charge in [0, 0.05) is 43.5 Å². The highest BCUT2D eigenvalue weighted by Crippen LogP contribution is 2.39. The van der Waals surface area contributed by atoms with Crippen LogP contribution in [-0.2, 0) is 7.05 Å². The van der Waals surface area contributed by atoms with Gasteiger partial charge >= 0.3 is 0 Å². The second-order valence-electron chi connectivity index (χ2n) is 9.72. The summed E-state index contributed by atoms with van der Waals surface area (Å²) >= 11 is 0. The Morgan fingerprint density at radius 2 is 1.91 bits per heavy atom. The van der Waals surface area contributed by atoms with Gasteiger partial charge in [0.05, 0.1) is 11.8 Å². The number of aromatic hydroxyl groups is 1. The van der Waals surface area contributed by atoms with Gasteiger partial charge in [-0.2, -0.15) is 0 Å². The number of aryl methyl sites for hydroxylation is 1. The molecule has 6 rings (SSSR count). The molecule has 2 N–H and O–H groups in total. The molecular formula is C25H27FN6O2. The van der Waals surface area contributed by atoms with Crippen LogP contribution in [0, 0.1) is 0 Å². The van der Waals surface area contributed by atoms with E-state index in [-0.39, 0.29) is 29.4 Å². The van der Waals surface area contributed by atoms with Crippen LogP contribution in [0.1, 0.15) is 32.1 Å². The van der Waals surface area contributed by atoms with Crippen LogP contribution in [-0.4, -0.2) is 55.2 Å². The van der Waals surface area contributed by atoms with E-state index in [1.807, 2.05) is 12.1 Å². The van der Waals surface area contributed by atoms with Crippen molar-refractivity contribution in [1.82, 2.24) is 25.1 Å².